The number of carbonyl (C=O) groups is 1. The van der Waals surface area contributed by atoms with Crippen LogP contribution in [0.1, 0.15) is 15.9 Å². The van der Waals surface area contributed by atoms with Crippen LogP contribution in [0.15, 0.2) is 53.4 Å². The Hall–Kier alpha value is -2.25. The Morgan fingerprint density at radius 1 is 1.00 bits per heavy atom. The van der Waals surface area contributed by atoms with Crippen LogP contribution in [0.2, 0.25) is 0 Å². The molecule has 7 heteroatoms. The Balaban J connectivity index is 1.69. The smallest absolute Gasteiger partial charge is 0.253 e. The third-order valence-electron chi connectivity index (χ3n) is 4.24. The molecule has 2 aromatic rings. The summed E-state index contributed by atoms with van der Waals surface area (Å²) in [6.07, 6.45) is 0. The highest BCUT2D eigenvalue weighted by atomic mass is 32.2. The van der Waals surface area contributed by atoms with Crippen molar-refractivity contribution in [3.8, 4) is 0 Å². The van der Waals surface area contributed by atoms with Crippen molar-refractivity contribution >= 4 is 15.9 Å². The molecule has 1 amide bonds. The predicted octanol–water partition coefficient (Wildman–Crippen LogP) is 2.28. The fraction of sp³-hybridized carbons (Fsp3) is 0.278. The molecule has 132 valence electrons. The minimum atomic E-state index is -3.56. The van der Waals surface area contributed by atoms with E-state index in [1.54, 1.807) is 23.1 Å². The van der Waals surface area contributed by atoms with Gasteiger partial charge in [0.05, 0.1) is 4.90 Å². The van der Waals surface area contributed by atoms with Crippen molar-refractivity contribution in [1.29, 1.82) is 0 Å². The zero-order valence-corrected chi connectivity index (χ0v) is 14.7. The van der Waals surface area contributed by atoms with E-state index in [1.807, 2.05) is 13.0 Å². The molecule has 0 N–H and O–H groups in total. The predicted molar refractivity (Wildman–Crippen MR) is 92.2 cm³/mol. The topological polar surface area (TPSA) is 57.7 Å². The van der Waals surface area contributed by atoms with Gasteiger partial charge < -0.3 is 4.90 Å². The van der Waals surface area contributed by atoms with Crippen LogP contribution in [0.4, 0.5) is 4.39 Å². The summed E-state index contributed by atoms with van der Waals surface area (Å²) in [5.41, 5.74) is 1.28. The first-order valence-electron chi connectivity index (χ1n) is 7.99. The lowest BCUT2D eigenvalue weighted by Gasteiger charge is -2.34. The standard InChI is InChI=1S/C18H19FN2O3S/c1-14-3-2-4-17(13-14)25(23,24)21-11-9-20(10-12-21)18(22)15-5-7-16(19)8-6-15/h2-8,13H,9-12H2,1H3. The van der Waals surface area contributed by atoms with E-state index in [4.69, 9.17) is 0 Å². The molecule has 1 saturated heterocycles. The highest BCUT2D eigenvalue weighted by Gasteiger charge is 2.30. The van der Waals surface area contributed by atoms with Gasteiger partial charge in [-0.2, -0.15) is 4.31 Å². The maximum absolute atomic E-state index is 13.0. The van der Waals surface area contributed by atoms with Gasteiger partial charge in [0.25, 0.3) is 5.91 Å². The van der Waals surface area contributed by atoms with Crippen LogP contribution in [-0.2, 0) is 10.0 Å². The van der Waals surface area contributed by atoms with E-state index in [2.05, 4.69) is 0 Å². The van der Waals surface area contributed by atoms with Crippen molar-refractivity contribution < 1.29 is 17.6 Å². The molecule has 0 spiro atoms. The van der Waals surface area contributed by atoms with Gasteiger partial charge in [0.15, 0.2) is 0 Å². The van der Waals surface area contributed by atoms with Gasteiger partial charge in [0, 0.05) is 31.7 Å². The molecule has 1 aliphatic heterocycles. The quantitative estimate of drug-likeness (QED) is 0.842. The van der Waals surface area contributed by atoms with E-state index in [1.165, 1.54) is 28.6 Å². The second-order valence-electron chi connectivity index (χ2n) is 6.02. The van der Waals surface area contributed by atoms with Crippen LogP contribution in [0.5, 0.6) is 0 Å². The second kappa shape index (κ2) is 6.93. The summed E-state index contributed by atoms with van der Waals surface area (Å²) in [5, 5.41) is 0. The highest BCUT2D eigenvalue weighted by molar-refractivity contribution is 7.89. The summed E-state index contributed by atoms with van der Waals surface area (Å²) in [5.74, 6) is -0.613. The molecule has 1 aliphatic rings. The summed E-state index contributed by atoms with van der Waals surface area (Å²) < 4.78 is 39.8. The van der Waals surface area contributed by atoms with Crippen molar-refractivity contribution in [3.63, 3.8) is 0 Å². The molecule has 3 rings (SSSR count). The number of hydrogen-bond acceptors (Lipinski definition) is 3. The first-order chi connectivity index (χ1) is 11.9. The van der Waals surface area contributed by atoms with Crippen molar-refractivity contribution in [1.82, 2.24) is 9.21 Å². The van der Waals surface area contributed by atoms with E-state index < -0.39 is 15.8 Å². The van der Waals surface area contributed by atoms with E-state index in [-0.39, 0.29) is 23.9 Å². The molecule has 25 heavy (non-hydrogen) atoms. The van der Waals surface area contributed by atoms with E-state index >= 15 is 0 Å². The Morgan fingerprint density at radius 2 is 1.64 bits per heavy atom. The summed E-state index contributed by atoms with van der Waals surface area (Å²) in [6.45, 7) is 2.94. The van der Waals surface area contributed by atoms with Gasteiger partial charge in [-0.25, -0.2) is 12.8 Å². The van der Waals surface area contributed by atoms with E-state index in [9.17, 15) is 17.6 Å². The SMILES string of the molecule is Cc1cccc(S(=O)(=O)N2CCN(C(=O)c3ccc(F)cc3)CC2)c1. The number of sulfonamides is 1. The average molecular weight is 362 g/mol. The van der Waals surface area contributed by atoms with Crippen molar-refractivity contribution in [2.75, 3.05) is 26.2 Å². The van der Waals surface area contributed by atoms with Crippen molar-refractivity contribution in [2.45, 2.75) is 11.8 Å². The third kappa shape index (κ3) is 3.72. The number of benzene rings is 2. The minimum Gasteiger partial charge on any atom is -0.336 e. The largest absolute Gasteiger partial charge is 0.336 e. The lowest BCUT2D eigenvalue weighted by molar-refractivity contribution is 0.0698. The zero-order valence-electron chi connectivity index (χ0n) is 13.9. The number of aryl methyl sites for hydroxylation is 1. The van der Waals surface area contributed by atoms with Gasteiger partial charge in [0.1, 0.15) is 5.82 Å². The summed E-state index contributed by atoms with van der Waals surface area (Å²) in [7, 11) is -3.56. The molecule has 1 heterocycles. The lowest BCUT2D eigenvalue weighted by atomic mass is 10.2. The van der Waals surface area contributed by atoms with E-state index in [0.29, 0.717) is 18.7 Å². The third-order valence-corrected chi connectivity index (χ3v) is 6.14. The van der Waals surface area contributed by atoms with Crippen molar-refractivity contribution in [2.24, 2.45) is 0 Å². The molecule has 0 radical (unpaired) electrons. The van der Waals surface area contributed by atoms with Gasteiger partial charge in [-0.05, 0) is 48.9 Å². The van der Waals surface area contributed by atoms with Crippen LogP contribution in [0.25, 0.3) is 0 Å². The normalized spacial score (nSPS) is 16.0. The molecule has 0 atom stereocenters. The Morgan fingerprint density at radius 3 is 2.24 bits per heavy atom. The first-order valence-corrected chi connectivity index (χ1v) is 9.43. The lowest BCUT2D eigenvalue weighted by Crippen LogP contribution is -2.50. The number of nitrogens with zero attached hydrogens (tertiary/aromatic N) is 2. The fourth-order valence-electron chi connectivity index (χ4n) is 2.83. The van der Waals surface area contributed by atoms with Crippen LogP contribution in [-0.4, -0.2) is 49.7 Å². The monoisotopic (exact) mass is 362 g/mol. The number of halogens is 1. The van der Waals surface area contributed by atoms with Gasteiger partial charge in [-0.1, -0.05) is 12.1 Å². The van der Waals surface area contributed by atoms with E-state index in [0.717, 1.165) is 5.56 Å². The molecular formula is C18H19FN2O3S. The fourth-order valence-corrected chi connectivity index (χ4v) is 4.36. The molecule has 1 fully saturated rings. The van der Waals surface area contributed by atoms with Crippen LogP contribution < -0.4 is 0 Å². The second-order valence-corrected chi connectivity index (χ2v) is 7.96. The summed E-state index contributed by atoms with van der Waals surface area (Å²) in [6, 6.07) is 12.1. The molecule has 0 bridgehead atoms. The first kappa shape index (κ1) is 17.6. The molecular weight excluding hydrogens is 343 g/mol. The Bertz CT molecular complexity index is 873. The number of amides is 1. The summed E-state index contributed by atoms with van der Waals surface area (Å²) >= 11 is 0. The van der Waals surface area contributed by atoms with Gasteiger partial charge >= 0.3 is 0 Å². The Kier molecular flexibility index (Phi) is 4.87. The van der Waals surface area contributed by atoms with Gasteiger partial charge in [-0.3, -0.25) is 4.79 Å². The van der Waals surface area contributed by atoms with Gasteiger partial charge in [0.2, 0.25) is 10.0 Å². The average Bonchev–Trinajstić information content (AvgIpc) is 2.62. The molecule has 0 aliphatic carbocycles. The molecule has 2 aromatic carbocycles. The maximum Gasteiger partial charge on any atom is 0.253 e. The Labute approximate surface area is 146 Å². The summed E-state index contributed by atoms with van der Waals surface area (Å²) in [4.78, 5) is 14.3. The zero-order chi connectivity index (χ0) is 18.0. The molecule has 0 aromatic heterocycles. The van der Waals surface area contributed by atoms with Gasteiger partial charge in [-0.15, -0.1) is 0 Å². The number of carbonyl (C=O) groups excluding carboxylic acids is 1. The maximum atomic E-state index is 13.0. The molecule has 0 unspecified atom stereocenters. The number of hydrogen-bond donors (Lipinski definition) is 0. The number of piperazine rings is 1. The van der Waals surface area contributed by atoms with Crippen molar-refractivity contribution in [3.05, 3.63) is 65.5 Å². The number of rotatable bonds is 3. The molecule has 5 nitrogen and oxygen atoms in total. The van der Waals surface area contributed by atoms with Crippen LogP contribution in [0, 0.1) is 12.7 Å². The molecule has 0 saturated carbocycles. The van der Waals surface area contributed by atoms with Crippen LogP contribution in [0.3, 0.4) is 0 Å². The van der Waals surface area contributed by atoms with Crippen LogP contribution >= 0.6 is 0 Å². The minimum absolute atomic E-state index is 0.215. The highest BCUT2D eigenvalue weighted by Crippen LogP contribution is 2.19.